The second kappa shape index (κ2) is 6.80. The second-order valence-electron chi connectivity index (χ2n) is 5.22. The number of ether oxygens (including phenoxy) is 1. The van der Waals surface area contributed by atoms with E-state index in [2.05, 4.69) is 0 Å². The molecule has 0 saturated carbocycles. The van der Waals surface area contributed by atoms with Gasteiger partial charge in [0.2, 0.25) is 0 Å². The van der Waals surface area contributed by atoms with Crippen molar-refractivity contribution in [3.05, 3.63) is 28.8 Å². The topological polar surface area (TPSA) is 66.8 Å². The zero-order valence-electron chi connectivity index (χ0n) is 12.6. The summed E-state index contributed by atoms with van der Waals surface area (Å²) in [4.78, 5) is 24.7. The number of nitrogens with zero attached hydrogens (tertiary/aromatic N) is 1. The molecule has 0 aromatic heterocycles. The van der Waals surface area contributed by atoms with Crippen molar-refractivity contribution in [1.82, 2.24) is 4.90 Å². The van der Waals surface area contributed by atoms with Gasteiger partial charge in [0.15, 0.2) is 6.61 Å². The number of benzene rings is 1. The van der Waals surface area contributed by atoms with Gasteiger partial charge in [-0.2, -0.15) is 0 Å². The monoisotopic (exact) mass is 313 g/mol. The molecular formula is C15H20ClNO4. The number of aliphatic carboxylic acids is 1. The highest BCUT2D eigenvalue weighted by atomic mass is 35.5. The zero-order valence-corrected chi connectivity index (χ0v) is 13.4. The van der Waals surface area contributed by atoms with Gasteiger partial charge in [0.25, 0.3) is 5.91 Å². The lowest BCUT2D eigenvalue weighted by molar-refractivity contribution is -0.157. The van der Waals surface area contributed by atoms with Crippen molar-refractivity contribution in [3.63, 3.8) is 0 Å². The number of hydrogen-bond donors (Lipinski definition) is 1. The zero-order chi connectivity index (χ0) is 16.2. The third-order valence-corrected chi connectivity index (χ3v) is 3.57. The minimum Gasteiger partial charge on any atom is -0.482 e. The smallest absolute Gasteiger partial charge is 0.329 e. The molecule has 1 rings (SSSR count). The number of amides is 1. The Bertz CT molecular complexity index is 542. The maximum absolute atomic E-state index is 12.2. The molecule has 0 heterocycles. The molecule has 5 nitrogen and oxygen atoms in total. The predicted molar refractivity (Wildman–Crippen MR) is 80.8 cm³/mol. The van der Waals surface area contributed by atoms with Crippen molar-refractivity contribution in [2.45, 2.75) is 33.2 Å². The molecule has 0 saturated heterocycles. The van der Waals surface area contributed by atoms with Crippen molar-refractivity contribution in [1.29, 1.82) is 0 Å². The van der Waals surface area contributed by atoms with Crippen LogP contribution in [0.3, 0.4) is 0 Å². The molecule has 0 aliphatic carbocycles. The van der Waals surface area contributed by atoms with Crippen LogP contribution in [-0.4, -0.2) is 40.6 Å². The Balaban J connectivity index is 2.80. The van der Waals surface area contributed by atoms with Gasteiger partial charge in [-0.1, -0.05) is 17.7 Å². The maximum Gasteiger partial charge on any atom is 0.329 e. The van der Waals surface area contributed by atoms with E-state index < -0.39 is 17.4 Å². The first kappa shape index (κ1) is 17.3. The van der Waals surface area contributed by atoms with Crippen molar-refractivity contribution in [2.24, 2.45) is 0 Å². The van der Waals surface area contributed by atoms with E-state index in [0.29, 0.717) is 10.8 Å². The summed E-state index contributed by atoms with van der Waals surface area (Å²) < 4.78 is 5.42. The van der Waals surface area contributed by atoms with Crippen LogP contribution in [0, 0.1) is 6.92 Å². The highest BCUT2D eigenvalue weighted by molar-refractivity contribution is 6.32. The Morgan fingerprint density at radius 3 is 2.52 bits per heavy atom. The molecule has 0 bridgehead atoms. The molecule has 1 aromatic rings. The van der Waals surface area contributed by atoms with Gasteiger partial charge in [0, 0.05) is 6.54 Å². The fraction of sp³-hybridized carbons (Fsp3) is 0.467. The van der Waals surface area contributed by atoms with E-state index in [1.807, 2.05) is 13.0 Å². The highest BCUT2D eigenvalue weighted by Crippen LogP contribution is 2.25. The van der Waals surface area contributed by atoms with Crippen LogP contribution in [0.4, 0.5) is 0 Å². The normalized spacial score (nSPS) is 11.1. The third kappa shape index (κ3) is 4.11. The first-order chi connectivity index (χ1) is 9.70. The summed E-state index contributed by atoms with van der Waals surface area (Å²) in [6.45, 7) is 6.60. The molecule has 0 spiro atoms. The number of carbonyl (C=O) groups excluding carboxylic acids is 1. The number of rotatable bonds is 6. The Labute approximate surface area is 129 Å². The van der Waals surface area contributed by atoms with Crippen molar-refractivity contribution >= 4 is 23.5 Å². The molecular weight excluding hydrogens is 294 g/mol. The van der Waals surface area contributed by atoms with E-state index in [9.17, 15) is 14.7 Å². The quantitative estimate of drug-likeness (QED) is 0.877. The second-order valence-corrected chi connectivity index (χ2v) is 5.63. The van der Waals surface area contributed by atoms with E-state index in [0.717, 1.165) is 5.56 Å². The van der Waals surface area contributed by atoms with E-state index in [4.69, 9.17) is 16.3 Å². The first-order valence-electron chi connectivity index (χ1n) is 6.63. The van der Waals surface area contributed by atoms with Crippen LogP contribution in [0.15, 0.2) is 18.2 Å². The van der Waals surface area contributed by atoms with Gasteiger partial charge in [-0.25, -0.2) is 4.79 Å². The van der Waals surface area contributed by atoms with Crippen LogP contribution in [-0.2, 0) is 9.59 Å². The number of carboxylic acids is 1. The predicted octanol–water partition coefficient (Wildman–Crippen LogP) is 2.74. The Hall–Kier alpha value is -1.75. The van der Waals surface area contributed by atoms with Gasteiger partial charge >= 0.3 is 5.97 Å². The SMILES string of the molecule is CCN(C(=O)COc1cc(C)ccc1Cl)C(C)(C)C(=O)O. The molecule has 0 aliphatic rings. The lowest BCUT2D eigenvalue weighted by Gasteiger charge is -2.34. The molecule has 6 heteroatoms. The maximum atomic E-state index is 12.2. The summed E-state index contributed by atoms with van der Waals surface area (Å²) in [6, 6.07) is 5.26. The average molecular weight is 314 g/mol. The van der Waals surface area contributed by atoms with Gasteiger partial charge < -0.3 is 14.7 Å². The number of halogens is 1. The molecule has 1 N–H and O–H groups in total. The standard InChI is InChI=1S/C15H20ClNO4/c1-5-17(15(3,4)14(19)20)13(18)9-21-12-8-10(2)6-7-11(12)16/h6-8H,5,9H2,1-4H3,(H,19,20). The first-order valence-corrected chi connectivity index (χ1v) is 7.00. The number of likely N-dealkylation sites (N-methyl/N-ethyl adjacent to an activating group) is 1. The van der Waals surface area contributed by atoms with Crippen molar-refractivity contribution < 1.29 is 19.4 Å². The summed E-state index contributed by atoms with van der Waals surface area (Å²) in [7, 11) is 0. The van der Waals surface area contributed by atoms with Gasteiger partial charge in [0.1, 0.15) is 11.3 Å². The number of aryl methyl sites for hydroxylation is 1. The van der Waals surface area contributed by atoms with Crippen LogP contribution in [0.5, 0.6) is 5.75 Å². The molecule has 21 heavy (non-hydrogen) atoms. The average Bonchev–Trinajstić information content (AvgIpc) is 2.40. The highest BCUT2D eigenvalue weighted by Gasteiger charge is 2.36. The van der Waals surface area contributed by atoms with Gasteiger partial charge in [0.05, 0.1) is 5.02 Å². The summed E-state index contributed by atoms with van der Waals surface area (Å²) in [5, 5.41) is 9.61. The molecule has 0 atom stereocenters. The lowest BCUT2D eigenvalue weighted by Crippen LogP contribution is -2.54. The van der Waals surface area contributed by atoms with Crippen LogP contribution in [0.25, 0.3) is 0 Å². The molecule has 0 fully saturated rings. The number of hydrogen-bond acceptors (Lipinski definition) is 3. The largest absolute Gasteiger partial charge is 0.482 e. The fourth-order valence-corrected chi connectivity index (χ4v) is 2.11. The van der Waals surface area contributed by atoms with E-state index in [1.165, 1.54) is 18.7 Å². The molecule has 0 unspecified atom stereocenters. The lowest BCUT2D eigenvalue weighted by atomic mass is 10.0. The van der Waals surface area contributed by atoms with E-state index >= 15 is 0 Å². The van der Waals surface area contributed by atoms with Crippen molar-refractivity contribution in [3.8, 4) is 5.75 Å². The fourth-order valence-electron chi connectivity index (χ4n) is 1.94. The Morgan fingerprint density at radius 1 is 1.38 bits per heavy atom. The summed E-state index contributed by atoms with van der Waals surface area (Å²) in [6.07, 6.45) is 0. The summed E-state index contributed by atoms with van der Waals surface area (Å²) in [5.41, 5.74) is -0.328. The van der Waals surface area contributed by atoms with Gasteiger partial charge in [-0.15, -0.1) is 0 Å². The summed E-state index contributed by atoms with van der Waals surface area (Å²) >= 11 is 5.99. The number of carbonyl (C=O) groups is 2. The van der Waals surface area contributed by atoms with Gasteiger partial charge in [-0.3, -0.25) is 4.79 Å². The Morgan fingerprint density at radius 2 is 2.00 bits per heavy atom. The minimum absolute atomic E-state index is 0.256. The van der Waals surface area contributed by atoms with Crippen molar-refractivity contribution in [2.75, 3.05) is 13.2 Å². The molecule has 0 aliphatic heterocycles. The summed E-state index contributed by atoms with van der Waals surface area (Å²) in [5.74, 6) is -1.05. The molecule has 0 radical (unpaired) electrons. The number of carboxylic acid groups (broad SMARTS) is 1. The van der Waals surface area contributed by atoms with Crippen LogP contribution in [0.1, 0.15) is 26.3 Å². The minimum atomic E-state index is -1.29. The van der Waals surface area contributed by atoms with Crippen LogP contribution in [0.2, 0.25) is 5.02 Å². The van der Waals surface area contributed by atoms with E-state index in [-0.39, 0.29) is 13.2 Å². The Kier molecular flexibility index (Phi) is 5.61. The molecule has 1 aromatic carbocycles. The van der Waals surface area contributed by atoms with E-state index in [1.54, 1.807) is 19.1 Å². The third-order valence-electron chi connectivity index (χ3n) is 3.25. The molecule has 116 valence electrons. The van der Waals surface area contributed by atoms with Gasteiger partial charge in [-0.05, 0) is 45.4 Å². The van der Waals surface area contributed by atoms with Crippen LogP contribution >= 0.6 is 11.6 Å². The molecule has 1 amide bonds. The van der Waals surface area contributed by atoms with Crippen LogP contribution < -0.4 is 4.74 Å².